The molecular weight excluding hydrogens is 733 g/mol. The highest BCUT2D eigenvalue weighted by Gasteiger charge is 2.62. The molecule has 2 aromatic heterocycles. The molecular formula is C38H46N6O8S2. The largest absolute Gasteiger partial charge is 0.470 e. The molecule has 4 heterocycles. The Labute approximate surface area is 318 Å². The van der Waals surface area contributed by atoms with E-state index in [1.807, 2.05) is 41.8 Å². The van der Waals surface area contributed by atoms with Crippen LogP contribution in [0.2, 0.25) is 0 Å². The average molecular weight is 779 g/mol. The molecule has 4 aliphatic rings. The predicted octanol–water partition coefficient (Wildman–Crippen LogP) is 4.60. The van der Waals surface area contributed by atoms with Gasteiger partial charge in [-0.2, -0.15) is 0 Å². The van der Waals surface area contributed by atoms with Gasteiger partial charge in [0.2, 0.25) is 27.7 Å². The number of benzene rings is 1. The fraction of sp³-hybridized carbons (Fsp3) is 0.526. The molecule has 2 aliphatic carbocycles. The summed E-state index contributed by atoms with van der Waals surface area (Å²) in [5.41, 5.74) is -0.537. The second-order valence-electron chi connectivity index (χ2n) is 15.6. The minimum atomic E-state index is -3.90. The predicted molar refractivity (Wildman–Crippen MR) is 202 cm³/mol. The molecule has 3 unspecified atom stereocenters. The van der Waals surface area contributed by atoms with Crippen LogP contribution in [0.1, 0.15) is 78.6 Å². The van der Waals surface area contributed by atoms with E-state index in [0.29, 0.717) is 55.3 Å². The molecule has 7 rings (SSSR count). The van der Waals surface area contributed by atoms with Gasteiger partial charge < -0.3 is 25.0 Å². The summed E-state index contributed by atoms with van der Waals surface area (Å²) in [6.07, 6.45) is 4.10. The molecule has 16 heteroatoms. The molecule has 0 bridgehead atoms. The molecule has 4 fully saturated rings. The lowest BCUT2D eigenvalue weighted by Crippen LogP contribution is -2.59. The van der Waals surface area contributed by atoms with E-state index in [4.69, 9.17) is 19.4 Å². The monoisotopic (exact) mass is 778 g/mol. The van der Waals surface area contributed by atoms with Crippen LogP contribution in [0.5, 0.6) is 5.88 Å². The van der Waals surface area contributed by atoms with Gasteiger partial charge in [-0.1, -0.05) is 43.5 Å². The van der Waals surface area contributed by atoms with Gasteiger partial charge in [-0.25, -0.2) is 23.2 Å². The first-order valence-corrected chi connectivity index (χ1v) is 20.9. The van der Waals surface area contributed by atoms with Crippen molar-refractivity contribution >= 4 is 56.2 Å². The van der Waals surface area contributed by atoms with Crippen LogP contribution in [-0.4, -0.2) is 87.7 Å². The lowest BCUT2D eigenvalue weighted by molar-refractivity contribution is -0.143. The summed E-state index contributed by atoms with van der Waals surface area (Å²) in [6.45, 7) is 8.99. The Balaban J connectivity index is 1.24. The van der Waals surface area contributed by atoms with Gasteiger partial charge in [-0.05, 0) is 76.5 Å². The molecule has 0 spiro atoms. The van der Waals surface area contributed by atoms with Gasteiger partial charge in [-0.3, -0.25) is 19.1 Å². The van der Waals surface area contributed by atoms with Crippen LogP contribution in [0.3, 0.4) is 0 Å². The highest BCUT2D eigenvalue weighted by Crippen LogP contribution is 2.46. The minimum absolute atomic E-state index is 0.0383. The van der Waals surface area contributed by atoms with Gasteiger partial charge in [0, 0.05) is 12.3 Å². The number of aromatic nitrogens is 2. The number of hydrogen-bond donors (Lipinski definition) is 3. The Hall–Kier alpha value is -4.57. The lowest BCUT2D eigenvalue weighted by Gasteiger charge is -2.34. The maximum Gasteiger partial charge on any atom is 0.408 e. The molecule has 3 N–H and O–H groups in total. The van der Waals surface area contributed by atoms with Crippen molar-refractivity contribution in [1.82, 2.24) is 30.2 Å². The fourth-order valence-electron chi connectivity index (χ4n) is 7.47. The lowest BCUT2D eigenvalue weighted by atomic mass is 10.0. The second kappa shape index (κ2) is 14.6. The number of rotatable bonds is 10. The van der Waals surface area contributed by atoms with E-state index < -0.39 is 80.4 Å². The fourth-order valence-corrected chi connectivity index (χ4v) is 9.54. The minimum Gasteiger partial charge on any atom is -0.470 e. The van der Waals surface area contributed by atoms with Crippen molar-refractivity contribution in [3.63, 3.8) is 0 Å². The first kappa shape index (κ1) is 37.7. The van der Waals surface area contributed by atoms with E-state index in [0.717, 1.165) is 11.3 Å². The summed E-state index contributed by atoms with van der Waals surface area (Å²) < 4.78 is 40.0. The topological polar surface area (TPSA) is 186 Å². The number of para-hydroxylation sites is 2. The number of ether oxygens (including phenoxy) is 2. The van der Waals surface area contributed by atoms with E-state index in [1.165, 1.54) is 22.3 Å². The van der Waals surface area contributed by atoms with E-state index in [9.17, 15) is 27.6 Å². The summed E-state index contributed by atoms with van der Waals surface area (Å²) in [5, 5.41) is 6.89. The molecule has 54 heavy (non-hydrogen) atoms. The number of sulfonamides is 1. The standard InChI is InChI=1S/C38H46N6O8S2/c1-5-22-21-38(22,35(47)43-54(49,50)23-17-18-23)42-32(45)28-20-29(51-33-31(30-16-11-19-53-30)39-24-12-9-10-13-25(24)40-33)27-15-8-6-7-14-26(34(46)44(27)28)41-36(48)52-37(2,3)4/h5,9-13,16,19,22-23,26-29H,1,6-8,14-15,17-18,20-21H2,2-4H3,(H,41,48)(H,42,45)(H,43,47)/t22-,26?,27?,28+,29-,38?/m1/s1. The Kier molecular flexibility index (Phi) is 10.2. The normalized spacial score (nSPS) is 27.1. The zero-order valence-corrected chi connectivity index (χ0v) is 32.2. The molecule has 2 saturated carbocycles. The van der Waals surface area contributed by atoms with Gasteiger partial charge in [0.25, 0.3) is 5.91 Å². The third kappa shape index (κ3) is 7.81. The molecule has 2 aliphatic heterocycles. The van der Waals surface area contributed by atoms with Crippen LogP contribution in [0.25, 0.3) is 21.6 Å². The SMILES string of the molecule is C=C[C@@H]1CC1(NC(=O)[C@@H]1C[C@@H](Oc2nc3ccccc3nc2-c2cccs2)C2CCCCCC(NC(=O)OC(C)(C)C)C(=O)N21)C(=O)NS(=O)(=O)C1CC1. The Morgan fingerprint density at radius 1 is 1.02 bits per heavy atom. The molecule has 6 atom stereocenters. The van der Waals surface area contributed by atoms with Crippen LogP contribution in [-0.2, 0) is 29.1 Å². The first-order valence-electron chi connectivity index (χ1n) is 18.5. The van der Waals surface area contributed by atoms with Crippen molar-refractivity contribution in [1.29, 1.82) is 0 Å². The Morgan fingerprint density at radius 3 is 2.39 bits per heavy atom. The van der Waals surface area contributed by atoms with E-state index in [1.54, 1.807) is 20.8 Å². The molecule has 2 saturated heterocycles. The highest BCUT2D eigenvalue weighted by atomic mass is 32.2. The van der Waals surface area contributed by atoms with Gasteiger partial charge in [0.1, 0.15) is 35.0 Å². The number of amides is 4. The van der Waals surface area contributed by atoms with Crippen molar-refractivity contribution in [3.8, 4) is 16.5 Å². The van der Waals surface area contributed by atoms with Crippen LogP contribution >= 0.6 is 11.3 Å². The summed E-state index contributed by atoms with van der Waals surface area (Å²) in [6, 6.07) is 8.51. The number of nitrogens with one attached hydrogen (secondary N) is 3. The van der Waals surface area contributed by atoms with Crippen molar-refractivity contribution in [2.75, 3.05) is 0 Å². The van der Waals surface area contributed by atoms with Crippen LogP contribution in [0, 0.1) is 5.92 Å². The summed E-state index contributed by atoms with van der Waals surface area (Å²) in [5.74, 6) is -2.21. The molecule has 14 nitrogen and oxygen atoms in total. The van der Waals surface area contributed by atoms with Gasteiger partial charge in [0.15, 0.2) is 0 Å². The average Bonchev–Trinajstić information content (AvgIpc) is 3.99. The first-order chi connectivity index (χ1) is 25.7. The number of alkyl carbamates (subject to hydrolysis) is 1. The molecule has 0 radical (unpaired) electrons. The highest BCUT2D eigenvalue weighted by molar-refractivity contribution is 7.91. The summed E-state index contributed by atoms with van der Waals surface area (Å²) >= 11 is 1.48. The quantitative estimate of drug-likeness (QED) is 0.246. The van der Waals surface area contributed by atoms with E-state index >= 15 is 0 Å². The number of hydrogen-bond acceptors (Lipinski definition) is 11. The maximum absolute atomic E-state index is 14.7. The van der Waals surface area contributed by atoms with Crippen molar-refractivity contribution in [2.24, 2.45) is 5.92 Å². The Bertz CT molecular complexity index is 2060. The zero-order chi connectivity index (χ0) is 38.4. The molecule has 3 aromatic rings. The van der Waals surface area contributed by atoms with Crippen molar-refractivity contribution in [2.45, 2.75) is 119 Å². The van der Waals surface area contributed by atoms with Gasteiger partial charge >= 0.3 is 6.09 Å². The van der Waals surface area contributed by atoms with E-state index in [2.05, 4.69) is 21.9 Å². The smallest absolute Gasteiger partial charge is 0.408 e. The third-order valence-corrected chi connectivity index (χ3v) is 13.1. The Morgan fingerprint density at radius 2 is 1.74 bits per heavy atom. The number of carbonyl (C=O) groups is 4. The van der Waals surface area contributed by atoms with E-state index in [-0.39, 0.29) is 18.7 Å². The zero-order valence-electron chi connectivity index (χ0n) is 30.6. The van der Waals surface area contributed by atoms with Gasteiger partial charge in [0.05, 0.1) is 27.2 Å². The molecule has 288 valence electrons. The van der Waals surface area contributed by atoms with Crippen molar-refractivity contribution < 1.29 is 37.1 Å². The maximum atomic E-state index is 14.7. The number of carbonyl (C=O) groups excluding carboxylic acids is 4. The summed E-state index contributed by atoms with van der Waals surface area (Å²) in [7, 11) is -3.90. The van der Waals surface area contributed by atoms with Crippen LogP contribution in [0.4, 0.5) is 4.79 Å². The van der Waals surface area contributed by atoms with Gasteiger partial charge in [-0.15, -0.1) is 17.9 Å². The molecule has 1 aromatic carbocycles. The van der Waals surface area contributed by atoms with Crippen molar-refractivity contribution in [3.05, 3.63) is 54.4 Å². The second-order valence-corrected chi connectivity index (χ2v) is 18.5. The third-order valence-electron chi connectivity index (χ3n) is 10.4. The van der Waals surface area contributed by atoms with Crippen LogP contribution < -0.4 is 20.1 Å². The number of fused-ring (bicyclic) bond motifs is 2. The number of nitrogens with zero attached hydrogens (tertiary/aromatic N) is 3. The molecule has 4 amide bonds. The van der Waals surface area contributed by atoms with Crippen LogP contribution in [0.15, 0.2) is 54.4 Å². The summed E-state index contributed by atoms with van der Waals surface area (Å²) in [4.78, 5) is 67.9. The number of thiophene rings is 1.